The van der Waals surface area contributed by atoms with E-state index in [1.807, 2.05) is 0 Å². The van der Waals surface area contributed by atoms with Gasteiger partial charge in [-0.1, -0.05) is 12.1 Å². The molecule has 160 valence electrons. The molecule has 1 aromatic heterocycles. The maximum absolute atomic E-state index is 12.3. The molecule has 3 amide bonds. The number of ether oxygens (including phenoxy) is 1. The second-order valence-electron chi connectivity index (χ2n) is 6.46. The van der Waals surface area contributed by atoms with Crippen molar-refractivity contribution in [2.45, 2.75) is 0 Å². The third kappa shape index (κ3) is 4.44. The van der Waals surface area contributed by atoms with E-state index >= 15 is 0 Å². The summed E-state index contributed by atoms with van der Waals surface area (Å²) in [6.45, 7) is 1.90. The predicted molar refractivity (Wildman–Crippen MR) is 107 cm³/mol. The van der Waals surface area contributed by atoms with Crippen molar-refractivity contribution in [2.75, 3.05) is 33.3 Å². The van der Waals surface area contributed by atoms with E-state index in [9.17, 15) is 22.8 Å². The lowest BCUT2D eigenvalue weighted by Crippen LogP contribution is -2.36. The highest BCUT2D eigenvalue weighted by atomic mass is 32.2. The number of nitrogens with two attached hydrogens (primary N) is 1. The second kappa shape index (κ2) is 8.55. The zero-order chi connectivity index (χ0) is 21.9. The number of nitrogens with one attached hydrogen (secondary N) is 2. The lowest BCUT2D eigenvalue weighted by Gasteiger charge is -2.14. The van der Waals surface area contributed by atoms with E-state index in [2.05, 4.69) is 15.4 Å². The lowest BCUT2D eigenvalue weighted by atomic mass is 10.0. The Bertz CT molecular complexity index is 1080. The van der Waals surface area contributed by atoms with Crippen molar-refractivity contribution in [3.8, 4) is 11.1 Å². The van der Waals surface area contributed by atoms with Crippen molar-refractivity contribution in [3.63, 3.8) is 0 Å². The van der Waals surface area contributed by atoms with E-state index in [-0.39, 0.29) is 17.6 Å². The van der Waals surface area contributed by atoms with E-state index in [1.165, 1.54) is 6.07 Å². The van der Waals surface area contributed by atoms with Crippen LogP contribution in [0.5, 0.6) is 0 Å². The predicted octanol–water partition coefficient (Wildman–Crippen LogP) is -0.252. The molecule has 0 unspecified atom stereocenters. The quantitative estimate of drug-likeness (QED) is 0.510. The molecule has 1 aliphatic rings. The van der Waals surface area contributed by atoms with Crippen LogP contribution in [0.3, 0.4) is 0 Å². The van der Waals surface area contributed by atoms with Gasteiger partial charge in [-0.05, 0) is 23.8 Å². The van der Waals surface area contributed by atoms with Gasteiger partial charge in [0.15, 0.2) is 5.69 Å². The van der Waals surface area contributed by atoms with Crippen molar-refractivity contribution in [3.05, 3.63) is 47.8 Å². The molecule has 2 aromatic rings. The minimum atomic E-state index is -4.20. The zero-order valence-electron chi connectivity index (χ0n) is 16.1. The highest BCUT2D eigenvalue weighted by Crippen LogP contribution is 2.26. The van der Waals surface area contributed by atoms with Crippen molar-refractivity contribution in [2.24, 2.45) is 5.14 Å². The van der Waals surface area contributed by atoms with Crippen LogP contribution >= 0.6 is 0 Å². The number of esters is 1. The Balaban J connectivity index is 1.74. The van der Waals surface area contributed by atoms with E-state index in [4.69, 9.17) is 5.14 Å². The summed E-state index contributed by atoms with van der Waals surface area (Å²) in [4.78, 5) is 37.5. The average Bonchev–Trinajstić information content (AvgIpc) is 3.34. The van der Waals surface area contributed by atoms with E-state index in [0.29, 0.717) is 46.8 Å². The van der Waals surface area contributed by atoms with Crippen molar-refractivity contribution >= 4 is 28.1 Å². The number of carbonyl (C=O) groups excluding carboxylic acids is 3. The first-order valence-electron chi connectivity index (χ1n) is 8.96. The van der Waals surface area contributed by atoms with Gasteiger partial charge in [0, 0.05) is 43.5 Å². The van der Waals surface area contributed by atoms with Crippen LogP contribution in [0.25, 0.3) is 11.1 Å². The van der Waals surface area contributed by atoms with Crippen LogP contribution in [0.1, 0.15) is 20.8 Å². The van der Waals surface area contributed by atoms with Crippen LogP contribution in [0.15, 0.2) is 36.5 Å². The van der Waals surface area contributed by atoms with Crippen molar-refractivity contribution in [1.82, 2.24) is 19.5 Å². The summed E-state index contributed by atoms with van der Waals surface area (Å²) in [7, 11) is -3.07. The van der Waals surface area contributed by atoms with E-state index < -0.39 is 16.2 Å². The Morgan fingerprint density at radius 2 is 1.93 bits per heavy atom. The molecular weight excluding hydrogens is 414 g/mol. The Kier molecular flexibility index (Phi) is 6.08. The molecule has 1 aromatic carbocycles. The van der Waals surface area contributed by atoms with Crippen molar-refractivity contribution in [1.29, 1.82) is 0 Å². The zero-order valence-corrected chi connectivity index (χ0v) is 16.9. The normalized spacial score (nSPS) is 13.8. The van der Waals surface area contributed by atoms with Crippen LogP contribution in [0.2, 0.25) is 0 Å². The standard InChI is InChI=1S/C18H21N5O6S/c1-29-17(25)15-14(6-9-23(15)30(19,27)28)12-2-4-13(5-3-12)16(24)20-7-10-22-11-8-21-18(22)26/h2-6,9H,7-8,10-11H2,1H3,(H,20,24)(H,21,26)(H2,19,27,28). The molecule has 12 heteroatoms. The van der Waals surface area contributed by atoms with E-state index in [0.717, 1.165) is 13.3 Å². The molecule has 11 nitrogen and oxygen atoms in total. The number of hydrogen-bond donors (Lipinski definition) is 3. The Hall–Kier alpha value is -3.38. The molecular formula is C18H21N5O6S. The number of urea groups is 1. The van der Waals surface area contributed by atoms with Gasteiger partial charge in [0.2, 0.25) is 0 Å². The number of carbonyl (C=O) groups is 3. The highest BCUT2D eigenvalue weighted by molar-refractivity contribution is 7.87. The van der Waals surface area contributed by atoms with Gasteiger partial charge in [0.05, 0.1) is 7.11 Å². The second-order valence-corrected chi connectivity index (χ2v) is 7.89. The molecule has 0 bridgehead atoms. The topological polar surface area (TPSA) is 153 Å². The number of amides is 3. The van der Waals surface area contributed by atoms with Crippen LogP contribution in [0.4, 0.5) is 4.79 Å². The monoisotopic (exact) mass is 435 g/mol. The minimum absolute atomic E-state index is 0.151. The summed E-state index contributed by atoms with van der Waals surface area (Å²) >= 11 is 0. The first-order chi connectivity index (χ1) is 14.2. The fraction of sp³-hybridized carbons (Fsp3) is 0.278. The summed E-state index contributed by atoms with van der Waals surface area (Å²) in [5, 5.41) is 10.6. The summed E-state index contributed by atoms with van der Waals surface area (Å²) in [6, 6.07) is 7.52. The Labute approximate surface area is 173 Å². The third-order valence-corrected chi connectivity index (χ3v) is 5.43. The van der Waals surface area contributed by atoms with Crippen LogP contribution in [-0.4, -0.2) is 68.5 Å². The highest BCUT2D eigenvalue weighted by Gasteiger charge is 2.24. The van der Waals surface area contributed by atoms with Gasteiger partial charge in [-0.25, -0.2) is 18.7 Å². The number of hydrogen-bond acceptors (Lipinski definition) is 6. The fourth-order valence-corrected chi connectivity index (χ4v) is 3.75. The van der Waals surface area contributed by atoms with Gasteiger partial charge in [-0.2, -0.15) is 8.42 Å². The summed E-state index contributed by atoms with van der Waals surface area (Å²) in [6.07, 6.45) is 1.16. The van der Waals surface area contributed by atoms with Crippen LogP contribution < -0.4 is 15.8 Å². The molecule has 0 saturated carbocycles. The molecule has 0 radical (unpaired) electrons. The Morgan fingerprint density at radius 1 is 1.23 bits per heavy atom. The number of benzene rings is 1. The number of rotatable bonds is 7. The van der Waals surface area contributed by atoms with Gasteiger partial charge in [0.1, 0.15) is 0 Å². The SMILES string of the molecule is COC(=O)c1c(-c2ccc(C(=O)NCCN3CCNC3=O)cc2)ccn1S(N)(=O)=O. The van der Waals surface area contributed by atoms with Crippen molar-refractivity contribution < 1.29 is 27.5 Å². The molecule has 1 fully saturated rings. The molecule has 0 spiro atoms. The third-order valence-electron chi connectivity index (χ3n) is 4.58. The largest absolute Gasteiger partial charge is 0.464 e. The molecule has 4 N–H and O–H groups in total. The maximum Gasteiger partial charge on any atom is 0.356 e. The maximum atomic E-state index is 12.3. The molecule has 3 rings (SSSR count). The molecule has 2 heterocycles. The average molecular weight is 435 g/mol. The number of nitrogens with zero attached hydrogens (tertiary/aromatic N) is 2. The lowest BCUT2D eigenvalue weighted by molar-refractivity contribution is 0.0593. The van der Waals surface area contributed by atoms with Gasteiger partial charge in [-0.3, -0.25) is 4.79 Å². The van der Waals surface area contributed by atoms with Gasteiger partial charge < -0.3 is 20.3 Å². The summed E-state index contributed by atoms with van der Waals surface area (Å²) in [5.41, 5.74) is 0.933. The van der Waals surface area contributed by atoms with Gasteiger partial charge in [0.25, 0.3) is 5.91 Å². The molecule has 0 atom stereocenters. The minimum Gasteiger partial charge on any atom is -0.464 e. The number of methoxy groups -OCH3 is 1. The van der Waals surface area contributed by atoms with E-state index in [1.54, 1.807) is 29.2 Å². The molecule has 1 aliphatic heterocycles. The fourth-order valence-electron chi connectivity index (χ4n) is 3.09. The molecule has 30 heavy (non-hydrogen) atoms. The summed E-state index contributed by atoms with van der Waals surface area (Å²) < 4.78 is 28.8. The number of aromatic nitrogens is 1. The first kappa shape index (κ1) is 21.3. The summed E-state index contributed by atoms with van der Waals surface area (Å²) in [5.74, 6) is -1.19. The molecule has 1 saturated heterocycles. The first-order valence-corrected chi connectivity index (χ1v) is 10.5. The molecule has 0 aliphatic carbocycles. The van der Waals surface area contributed by atoms with Gasteiger partial charge in [-0.15, -0.1) is 0 Å². The van der Waals surface area contributed by atoms with Crippen LogP contribution in [0, 0.1) is 0 Å². The smallest absolute Gasteiger partial charge is 0.356 e. The van der Waals surface area contributed by atoms with Gasteiger partial charge >= 0.3 is 22.2 Å². The Morgan fingerprint density at radius 3 is 2.50 bits per heavy atom. The van der Waals surface area contributed by atoms with Crippen LogP contribution in [-0.2, 0) is 14.9 Å².